The van der Waals surface area contributed by atoms with Gasteiger partial charge in [0.15, 0.2) is 5.11 Å². The molecule has 2 N–H and O–H groups in total. The zero-order valence-electron chi connectivity index (χ0n) is 21.7. The molecule has 1 aromatic carbocycles. The van der Waals surface area contributed by atoms with Crippen LogP contribution in [0.1, 0.15) is 52.3 Å². The van der Waals surface area contributed by atoms with Crippen molar-refractivity contribution < 1.29 is 9.53 Å². The van der Waals surface area contributed by atoms with Crippen molar-refractivity contribution in [2.75, 3.05) is 25.6 Å². The lowest BCUT2D eigenvalue weighted by Crippen LogP contribution is -2.33. The van der Waals surface area contributed by atoms with Gasteiger partial charge in [-0.25, -0.2) is 0 Å². The molecule has 190 valence electrons. The van der Waals surface area contributed by atoms with Gasteiger partial charge >= 0.3 is 0 Å². The highest BCUT2D eigenvalue weighted by Crippen LogP contribution is 2.40. The van der Waals surface area contributed by atoms with Gasteiger partial charge in [-0.3, -0.25) is 9.78 Å². The first-order chi connectivity index (χ1) is 17.3. The van der Waals surface area contributed by atoms with Gasteiger partial charge in [-0.15, -0.1) is 0 Å². The molecule has 1 aliphatic heterocycles. The largest absolute Gasteiger partial charge is 0.383 e. The molecule has 8 heteroatoms. The molecule has 0 spiro atoms. The molecule has 7 nitrogen and oxygen atoms in total. The van der Waals surface area contributed by atoms with Crippen LogP contribution in [0.15, 0.2) is 48.7 Å². The summed E-state index contributed by atoms with van der Waals surface area (Å²) in [5.41, 5.74) is 7.46. The van der Waals surface area contributed by atoms with Crippen molar-refractivity contribution in [3.8, 4) is 0 Å². The maximum absolute atomic E-state index is 12.9. The predicted octanol–water partition coefficient (Wildman–Crippen LogP) is 4.76. The summed E-state index contributed by atoms with van der Waals surface area (Å²) in [5, 5.41) is 7.20. The lowest BCUT2D eigenvalue weighted by Gasteiger charge is -2.28. The molecule has 36 heavy (non-hydrogen) atoms. The zero-order chi connectivity index (χ0) is 25.8. The third-order valence-corrected chi connectivity index (χ3v) is 7.25. The van der Waals surface area contributed by atoms with Crippen LogP contribution in [0, 0.1) is 27.7 Å². The Morgan fingerprint density at radius 1 is 1.14 bits per heavy atom. The summed E-state index contributed by atoms with van der Waals surface area (Å²) in [6.07, 6.45) is 2.13. The zero-order valence-corrected chi connectivity index (χ0v) is 22.5. The first kappa shape index (κ1) is 25.9. The molecule has 1 fully saturated rings. The number of aromatic nitrogens is 2. The molecule has 2 atom stereocenters. The average molecular weight is 506 g/mol. The SMILES string of the molecule is COCCn1c(C)cc(C2C(c3ccccn3)NC(=S)N2CCC(=O)Nc2cc(C)ccc2C)c1C. The van der Waals surface area contributed by atoms with E-state index in [9.17, 15) is 4.79 Å². The Bertz CT molecular complexity index is 1240. The predicted molar refractivity (Wildman–Crippen MR) is 147 cm³/mol. The number of aryl methyl sites for hydroxylation is 3. The average Bonchev–Trinajstić information content (AvgIpc) is 3.33. The highest BCUT2D eigenvalue weighted by molar-refractivity contribution is 7.80. The van der Waals surface area contributed by atoms with Crippen molar-refractivity contribution >= 4 is 28.9 Å². The summed E-state index contributed by atoms with van der Waals surface area (Å²) in [7, 11) is 1.72. The van der Waals surface area contributed by atoms with Crippen molar-refractivity contribution in [1.29, 1.82) is 0 Å². The summed E-state index contributed by atoms with van der Waals surface area (Å²) in [4.78, 5) is 19.7. The van der Waals surface area contributed by atoms with E-state index in [-0.39, 0.29) is 18.0 Å². The van der Waals surface area contributed by atoms with Crippen LogP contribution in [0.25, 0.3) is 0 Å². The first-order valence-corrected chi connectivity index (χ1v) is 12.7. The van der Waals surface area contributed by atoms with E-state index in [1.165, 1.54) is 17.0 Å². The summed E-state index contributed by atoms with van der Waals surface area (Å²) < 4.78 is 7.61. The van der Waals surface area contributed by atoms with Gasteiger partial charge in [-0.2, -0.15) is 0 Å². The Morgan fingerprint density at radius 2 is 1.94 bits per heavy atom. The highest BCUT2D eigenvalue weighted by Gasteiger charge is 2.41. The topological polar surface area (TPSA) is 71.4 Å². The van der Waals surface area contributed by atoms with Crippen LogP contribution < -0.4 is 10.6 Å². The molecule has 1 saturated heterocycles. The fourth-order valence-electron chi connectivity index (χ4n) is 4.94. The van der Waals surface area contributed by atoms with Crippen molar-refractivity contribution in [2.24, 2.45) is 0 Å². The fourth-order valence-corrected chi connectivity index (χ4v) is 5.28. The number of hydrogen-bond acceptors (Lipinski definition) is 4. The number of rotatable bonds is 9. The summed E-state index contributed by atoms with van der Waals surface area (Å²) in [6.45, 7) is 10.2. The number of carbonyl (C=O) groups is 1. The van der Waals surface area contributed by atoms with E-state index >= 15 is 0 Å². The molecule has 0 saturated carbocycles. The number of nitrogens with zero attached hydrogens (tertiary/aromatic N) is 3. The highest BCUT2D eigenvalue weighted by atomic mass is 32.1. The smallest absolute Gasteiger partial charge is 0.226 e. The number of ether oxygens (including phenoxy) is 1. The second kappa shape index (κ2) is 11.2. The van der Waals surface area contributed by atoms with Gasteiger partial charge in [-0.05, 0) is 80.9 Å². The van der Waals surface area contributed by atoms with Gasteiger partial charge in [0.2, 0.25) is 5.91 Å². The van der Waals surface area contributed by atoms with E-state index in [0.29, 0.717) is 24.7 Å². The molecular weight excluding hydrogens is 470 g/mol. The number of nitrogens with one attached hydrogen (secondary N) is 2. The molecule has 0 aliphatic carbocycles. The quantitative estimate of drug-likeness (QED) is 0.409. The number of benzene rings is 1. The van der Waals surface area contributed by atoms with E-state index in [2.05, 4.69) is 45.0 Å². The molecule has 1 amide bonds. The van der Waals surface area contributed by atoms with Crippen molar-refractivity contribution in [2.45, 2.75) is 52.7 Å². The summed E-state index contributed by atoms with van der Waals surface area (Å²) in [6, 6.07) is 14.0. The Kier molecular flexibility index (Phi) is 8.06. The third kappa shape index (κ3) is 5.44. The fraction of sp³-hybridized carbons (Fsp3) is 0.393. The Balaban J connectivity index is 1.60. The van der Waals surface area contributed by atoms with E-state index < -0.39 is 0 Å². The van der Waals surface area contributed by atoms with Gasteiger partial charge in [-0.1, -0.05) is 18.2 Å². The molecule has 2 aromatic heterocycles. The van der Waals surface area contributed by atoms with Crippen LogP contribution in [0.3, 0.4) is 0 Å². The van der Waals surface area contributed by atoms with Crippen molar-refractivity contribution in [1.82, 2.24) is 19.8 Å². The number of hydrogen-bond donors (Lipinski definition) is 2. The third-order valence-electron chi connectivity index (χ3n) is 6.90. The van der Waals surface area contributed by atoms with Crippen LogP contribution in [0.4, 0.5) is 5.69 Å². The molecule has 4 rings (SSSR count). The Morgan fingerprint density at radius 3 is 2.67 bits per heavy atom. The van der Waals surface area contributed by atoms with E-state index in [1.54, 1.807) is 13.3 Å². The van der Waals surface area contributed by atoms with Gasteiger partial charge < -0.3 is 24.8 Å². The summed E-state index contributed by atoms with van der Waals surface area (Å²) in [5.74, 6) is -0.0305. The number of pyridine rings is 1. The molecule has 3 heterocycles. The standard InChI is InChI=1S/C28H35N5O2S/c1-18-9-10-19(2)24(16-18)30-25(34)11-13-33-27(22-17-20(3)32(21(22)4)14-15-35-5)26(31-28(33)36)23-8-6-7-12-29-23/h6-10,12,16-17,26-27H,11,13-15H2,1-5H3,(H,30,34)(H,31,36). The van der Waals surface area contributed by atoms with Gasteiger partial charge in [0.1, 0.15) is 0 Å². The van der Waals surface area contributed by atoms with Crippen molar-refractivity contribution in [3.05, 3.63) is 82.4 Å². The van der Waals surface area contributed by atoms with Crippen LogP contribution in [0.2, 0.25) is 0 Å². The van der Waals surface area contributed by atoms with Crippen LogP contribution in [-0.4, -0.2) is 45.7 Å². The Hall–Kier alpha value is -3.23. The molecular formula is C28H35N5O2S. The molecule has 0 bridgehead atoms. The maximum Gasteiger partial charge on any atom is 0.226 e. The van der Waals surface area contributed by atoms with E-state index in [1.807, 2.05) is 50.2 Å². The Labute approximate surface area is 218 Å². The maximum atomic E-state index is 12.9. The first-order valence-electron chi connectivity index (χ1n) is 12.3. The molecule has 1 aliphatic rings. The monoisotopic (exact) mass is 505 g/mol. The van der Waals surface area contributed by atoms with Crippen LogP contribution in [0.5, 0.6) is 0 Å². The van der Waals surface area contributed by atoms with Crippen LogP contribution in [-0.2, 0) is 16.1 Å². The minimum Gasteiger partial charge on any atom is -0.383 e. The normalized spacial score (nSPS) is 17.4. The molecule has 3 aromatic rings. The number of anilines is 1. The second-order valence-electron chi connectivity index (χ2n) is 9.41. The van der Waals surface area contributed by atoms with E-state index in [4.69, 9.17) is 17.0 Å². The number of carbonyl (C=O) groups excluding carboxylic acids is 1. The molecule has 0 radical (unpaired) electrons. The van der Waals surface area contributed by atoms with Gasteiger partial charge in [0, 0.05) is 49.9 Å². The van der Waals surface area contributed by atoms with Gasteiger partial charge in [0.25, 0.3) is 0 Å². The van der Waals surface area contributed by atoms with Gasteiger partial charge in [0.05, 0.1) is 24.4 Å². The number of amides is 1. The number of methoxy groups -OCH3 is 1. The number of thiocarbonyl (C=S) groups is 1. The van der Waals surface area contributed by atoms with E-state index in [0.717, 1.165) is 29.1 Å². The van der Waals surface area contributed by atoms with Crippen LogP contribution >= 0.6 is 12.2 Å². The minimum absolute atomic E-state index is 0.0305. The second-order valence-corrected chi connectivity index (χ2v) is 9.79. The summed E-state index contributed by atoms with van der Waals surface area (Å²) >= 11 is 5.80. The molecule has 2 unspecified atom stereocenters. The van der Waals surface area contributed by atoms with Crippen molar-refractivity contribution in [3.63, 3.8) is 0 Å². The lowest BCUT2D eigenvalue weighted by atomic mass is 9.96. The minimum atomic E-state index is -0.114. The lowest BCUT2D eigenvalue weighted by molar-refractivity contribution is -0.116.